The summed E-state index contributed by atoms with van der Waals surface area (Å²) in [7, 11) is 1.82. The third-order valence-electron chi connectivity index (χ3n) is 2.87. The number of nitrogens with one attached hydrogen (secondary N) is 1. The van der Waals surface area contributed by atoms with Crippen molar-refractivity contribution < 1.29 is 4.79 Å². The quantitative estimate of drug-likeness (QED) is 0.921. The third kappa shape index (κ3) is 2.61. The van der Waals surface area contributed by atoms with E-state index in [2.05, 4.69) is 24.0 Å². The standard InChI is InChI=1S/C13H17N3OS/c1-4-11-9(2)5-12(18-11)13(17)16(3)8-10-6-14-15-7-10/h5-7H,4,8H2,1-3H3,(H,14,15). The molecule has 2 aromatic rings. The molecule has 96 valence electrons. The number of hydrogen-bond acceptors (Lipinski definition) is 3. The van der Waals surface area contributed by atoms with Gasteiger partial charge in [0.1, 0.15) is 0 Å². The number of amides is 1. The van der Waals surface area contributed by atoms with Crippen molar-refractivity contribution in [2.45, 2.75) is 26.8 Å². The topological polar surface area (TPSA) is 49.0 Å². The largest absolute Gasteiger partial charge is 0.337 e. The Balaban J connectivity index is 2.10. The number of H-pyrrole nitrogens is 1. The first-order valence-electron chi connectivity index (χ1n) is 5.94. The normalized spacial score (nSPS) is 10.6. The second-order valence-electron chi connectivity index (χ2n) is 4.34. The monoisotopic (exact) mass is 263 g/mol. The van der Waals surface area contributed by atoms with Gasteiger partial charge in [-0.25, -0.2) is 0 Å². The van der Waals surface area contributed by atoms with Gasteiger partial charge in [-0.05, 0) is 25.0 Å². The Labute approximate surface area is 111 Å². The first-order valence-corrected chi connectivity index (χ1v) is 6.76. The van der Waals surface area contributed by atoms with Crippen molar-refractivity contribution in [2.75, 3.05) is 7.05 Å². The maximum atomic E-state index is 12.3. The van der Waals surface area contributed by atoms with Gasteiger partial charge < -0.3 is 4.90 Å². The highest BCUT2D eigenvalue weighted by atomic mass is 32.1. The number of hydrogen-bond donors (Lipinski definition) is 1. The molecule has 1 amide bonds. The highest BCUT2D eigenvalue weighted by Crippen LogP contribution is 2.23. The summed E-state index contributed by atoms with van der Waals surface area (Å²) in [4.78, 5) is 16.1. The molecule has 0 aliphatic rings. The van der Waals surface area contributed by atoms with E-state index >= 15 is 0 Å². The van der Waals surface area contributed by atoms with E-state index < -0.39 is 0 Å². The lowest BCUT2D eigenvalue weighted by atomic mass is 10.2. The van der Waals surface area contributed by atoms with E-state index in [0.717, 1.165) is 16.9 Å². The summed E-state index contributed by atoms with van der Waals surface area (Å²) in [6.45, 7) is 4.75. The van der Waals surface area contributed by atoms with E-state index in [0.29, 0.717) is 6.54 Å². The Morgan fingerprint density at radius 1 is 1.56 bits per heavy atom. The molecule has 0 spiro atoms. The molecule has 0 saturated heterocycles. The molecule has 1 N–H and O–H groups in total. The molecule has 0 saturated carbocycles. The number of thiophene rings is 1. The SMILES string of the molecule is CCc1sc(C(=O)N(C)Cc2cn[nH]c2)cc1C. The van der Waals surface area contributed by atoms with Gasteiger partial charge in [0.25, 0.3) is 5.91 Å². The Morgan fingerprint density at radius 2 is 2.33 bits per heavy atom. The average molecular weight is 263 g/mol. The summed E-state index contributed by atoms with van der Waals surface area (Å²) in [6.07, 6.45) is 4.52. The molecule has 0 unspecified atom stereocenters. The minimum absolute atomic E-state index is 0.0731. The lowest BCUT2D eigenvalue weighted by Gasteiger charge is -2.14. The van der Waals surface area contributed by atoms with Gasteiger partial charge in [0.05, 0.1) is 11.1 Å². The summed E-state index contributed by atoms with van der Waals surface area (Å²) in [5.41, 5.74) is 2.22. The number of carbonyl (C=O) groups is 1. The van der Waals surface area contributed by atoms with Gasteiger partial charge in [-0.3, -0.25) is 9.89 Å². The zero-order valence-corrected chi connectivity index (χ0v) is 11.7. The van der Waals surface area contributed by atoms with E-state index in [1.165, 1.54) is 10.4 Å². The van der Waals surface area contributed by atoms with Gasteiger partial charge in [-0.1, -0.05) is 6.92 Å². The number of carbonyl (C=O) groups excluding carboxylic acids is 1. The van der Waals surface area contributed by atoms with E-state index in [1.807, 2.05) is 13.1 Å². The Morgan fingerprint density at radius 3 is 2.89 bits per heavy atom. The minimum Gasteiger partial charge on any atom is -0.337 e. The Kier molecular flexibility index (Phi) is 3.81. The van der Waals surface area contributed by atoms with E-state index in [-0.39, 0.29) is 5.91 Å². The van der Waals surface area contributed by atoms with Crippen LogP contribution in [0.5, 0.6) is 0 Å². The Bertz CT molecular complexity index is 530. The molecule has 0 aromatic carbocycles. The van der Waals surface area contributed by atoms with Crippen LogP contribution < -0.4 is 0 Å². The maximum absolute atomic E-state index is 12.3. The van der Waals surface area contributed by atoms with E-state index in [4.69, 9.17) is 0 Å². The smallest absolute Gasteiger partial charge is 0.263 e. The van der Waals surface area contributed by atoms with Crippen molar-refractivity contribution in [1.82, 2.24) is 15.1 Å². The molecule has 0 atom stereocenters. The average Bonchev–Trinajstić information content (AvgIpc) is 2.97. The van der Waals surface area contributed by atoms with Gasteiger partial charge >= 0.3 is 0 Å². The van der Waals surface area contributed by atoms with Crippen molar-refractivity contribution >= 4 is 17.2 Å². The second kappa shape index (κ2) is 5.35. The first-order chi connectivity index (χ1) is 8.61. The summed E-state index contributed by atoms with van der Waals surface area (Å²) < 4.78 is 0. The highest BCUT2D eigenvalue weighted by molar-refractivity contribution is 7.14. The lowest BCUT2D eigenvalue weighted by molar-refractivity contribution is 0.0790. The molecule has 2 heterocycles. The zero-order chi connectivity index (χ0) is 13.1. The maximum Gasteiger partial charge on any atom is 0.263 e. The van der Waals surface area contributed by atoms with E-state index in [9.17, 15) is 4.79 Å². The van der Waals surface area contributed by atoms with Crippen molar-refractivity contribution in [3.63, 3.8) is 0 Å². The summed E-state index contributed by atoms with van der Waals surface area (Å²) >= 11 is 1.59. The van der Waals surface area contributed by atoms with Crippen LogP contribution in [0.15, 0.2) is 18.5 Å². The van der Waals surface area contributed by atoms with Crippen LogP contribution >= 0.6 is 11.3 Å². The van der Waals surface area contributed by atoms with Crippen molar-refractivity contribution in [3.8, 4) is 0 Å². The van der Waals surface area contributed by atoms with Crippen LogP contribution in [-0.4, -0.2) is 28.1 Å². The van der Waals surface area contributed by atoms with Crippen LogP contribution in [0.3, 0.4) is 0 Å². The molecule has 0 bridgehead atoms. The fourth-order valence-electron chi connectivity index (χ4n) is 1.87. The summed E-state index contributed by atoms with van der Waals surface area (Å²) in [5, 5.41) is 6.63. The van der Waals surface area contributed by atoms with Gasteiger partial charge in [0.15, 0.2) is 0 Å². The van der Waals surface area contributed by atoms with Gasteiger partial charge in [-0.2, -0.15) is 5.10 Å². The molecular formula is C13H17N3OS. The molecule has 0 fully saturated rings. The molecule has 2 aromatic heterocycles. The molecule has 0 aliphatic heterocycles. The van der Waals surface area contributed by atoms with Crippen molar-refractivity contribution in [1.29, 1.82) is 0 Å². The van der Waals surface area contributed by atoms with Crippen LogP contribution in [-0.2, 0) is 13.0 Å². The molecule has 0 radical (unpaired) electrons. The fourth-order valence-corrected chi connectivity index (χ4v) is 2.98. The predicted octanol–water partition coefficient (Wildman–Crippen LogP) is 2.61. The molecular weight excluding hydrogens is 246 g/mol. The first kappa shape index (κ1) is 12.8. The Hall–Kier alpha value is -1.62. The predicted molar refractivity (Wildman–Crippen MR) is 72.8 cm³/mol. The highest BCUT2D eigenvalue weighted by Gasteiger charge is 2.16. The van der Waals surface area contributed by atoms with Crippen LogP contribution in [0.2, 0.25) is 0 Å². The van der Waals surface area contributed by atoms with E-state index in [1.54, 1.807) is 28.6 Å². The molecule has 2 rings (SSSR count). The van der Waals surface area contributed by atoms with Crippen LogP contribution in [0.4, 0.5) is 0 Å². The lowest BCUT2D eigenvalue weighted by Crippen LogP contribution is -2.25. The molecule has 4 nitrogen and oxygen atoms in total. The van der Waals surface area contributed by atoms with Gasteiger partial charge in [0.2, 0.25) is 0 Å². The molecule has 18 heavy (non-hydrogen) atoms. The summed E-state index contributed by atoms with van der Waals surface area (Å²) in [5.74, 6) is 0.0731. The molecule has 5 heteroatoms. The number of aromatic nitrogens is 2. The van der Waals surface area contributed by atoms with Crippen LogP contribution in [0.1, 0.15) is 32.6 Å². The second-order valence-corrected chi connectivity index (χ2v) is 5.47. The van der Waals surface area contributed by atoms with Gasteiger partial charge in [0, 0.05) is 30.2 Å². The number of aromatic amines is 1. The minimum atomic E-state index is 0.0731. The number of aryl methyl sites for hydroxylation is 2. The van der Waals surface area contributed by atoms with Crippen LogP contribution in [0.25, 0.3) is 0 Å². The number of nitrogens with zero attached hydrogens (tertiary/aromatic N) is 2. The fraction of sp³-hybridized carbons (Fsp3) is 0.385. The van der Waals surface area contributed by atoms with Crippen LogP contribution in [0, 0.1) is 6.92 Å². The van der Waals surface area contributed by atoms with Crippen molar-refractivity contribution in [2.24, 2.45) is 0 Å². The van der Waals surface area contributed by atoms with Gasteiger partial charge in [-0.15, -0.1) is 11.3 Å². The molecule has 0 aliphatic carbocycles. The van der Waals surface area contributed by atoms with Crippen molar-refractivity contribution in [3.05, 3.63) is 39.3 Å². The third-order valence-corrected chi connectivity index (χ3v) is 4.24. The summed E-state index contributed by atoms with van der Waals surface area (Å²) in [6, 6.07) is 1.98. The zero-order valence-electron chi connectivity index (χ0n) is 10.9. The number of rotatable bonds is 4.